The predicted octanol–water partition coefficient (Wildman–Crippen LogP) is 1.46. The molecule has 0 unspecified atom stereocenters. The van der Waals surface area contributed by atoms with Crippen molar-refractivity contribution in [1.29, 1.82) is 0 Å². The Balaban J connectivity index is 0. The quantitative estimate of drug-likeness (QED) is 0.330. The lowest BCUT2D eigenvalue weighted by Gasteiger charge is -1.93. The first-order valence-corrected chi connectivity index (χ1v) is 3.99. The molecule has 0 aliphatic carbocycles. The summed E-state index contributed by atoms with van der Waals surface area (Å²) < 4.78 is 0. The van der Waals surface area contributed by atoms with Crippen LogP contribution in [0.5, 0.6) is 0 Å². The van der Waals surface area contributed by atoms with Crippen LogP contribution in [0, 0.1) is 0 Å². The fraction of sp³-hybridized carbons (Fsp3) is 0.750. The molecule has 0 fully saturated rings. The number of hydrogen-bond acceptors (Lipinski definition) is 4. The standard InChI is InChI=1S/C8H12N2O2.H2/c11-7-9-5-3-1-2-4-6-10-8-12;/h1-6H2;1H. The van der Waals surface area contributed by atoms with Gasteiger partial charge in [-0.2, -0.15) is 0 Å². The van der Waals surface area contributed by atoms with Gasteiger partial charge in [-0.3, -0.25) is 0 Å². The van der Waals surface area contributed by atoms with Crippen molar-refractivity contribution in [3.8, 4) is 0 Å². The normalized spacial score (nSPS) is 8.33. The van der Waals surface area contributed by atoms with Gasteiger partial charge in [0.05, 0.1) is 13.1 Å². The summed E-state index contributed by atoms with van der Waals surface area (Å²) in [5.74, 6) is 0. The molecular formula is C8H14N2O2. The summed E-state index contributed by atoms with van der Waals surface area (Å²) in [6.07, 6.45) is 6.80. The molecule has 0 amide bonds. The summed E-state index contributed by atoms with van der Waals surface area (Å²) in [5, 5.41) is 0. The zero-order chi connectivity index (χ0) is 9.07. The van der Waals surface area contributed by atoms with Crippen LogP contribution >= 0.6 is 0 Å². The van der Waals surface area contributed by atoms with Crippen LogP contribution in [0.3, 0.4) is 0 Å². The van der Waals surface area contributed by atoms with Crippen LogP contribution in [0.2, 0.25) is 0 Å². The van der Waals surface area contributed by atoms with Crippen LogP contribution in [0.15, 0.2) is 9.98 Å². The number of carbonyl (C=O) groups excluding carboxylic acids is 2. The summed E-state index contributed by atoms with van der Waals surface area (Å²) in [7, 11) is 0. The van der Waals surface area contributed by atoms with Crippen molar-refractivity contribution >= 4 is 12.2 Å². The largest absolute Gasteiger partial charge is 0.234 e. The Labute approximate surface area is 72.9 Å². The van der Waals surface area contributed by atoms with Crippen molar-refractivity contribution < 1.29 is 11.0 Å². The molecule has 0 rings (SSSR count). The minimum Gasteiger partial charge on any atom is -0.211 e. The lowest BCUT2D eigenvalue weighted by Crippen LogP contribution is -1.84. The lowest BCUT2D eigenvalue weighted by molar-refractivity contribution is 0.558. The van der Waals surface area contributed by atoms with Gasteiger partial charge in [-0.15, -0.1) is 0 Å². The zero-order valence-corrected chi connectivity index (χ0v) is 6.95. The molecule has 12 heavy (non-hydrogen) atoms. The second-order valence-corrected chi connectivity index (χ2v) is 2.36. The molecule has 0 aromatic rings. The monoisotopic (exact) mass is 170 g/mol. The highest BCUT2D eigenvalue weighted by molar-refractivity contribution is 5.32. The molecular weight excluding hydrogens is 156 g/mol. The summed E-state index contributed by atoms with van der Waals surface area (Å²) in [6.45, 7) is 1.11. The second-order valence-electron chi connectivity index (χ2n) is 2.36. The second kappa shape index (κ2) is 9.76. The third kappa shape index (κ3) is 8.76. The fourth-order valence-corrected chi connectivity index (χ4v) is 0.827. The summed E-state index contributed by atoms with van der Waals surface area (Å²) in [4.78, 5) is 26.1. The molecule has 4 nitrogen and oxygen atoms in total. The van der Waals surface area contributed by atoms with E-state index in [-0.39, 0.29) is 1.43 Å². The van der Waals surface area contributed by atoms with E-state index in [4.69, 9.17) is 0 Å². The Morgan fingerprint density at radius 2 is 1.25 bits per heavy atom. The van der Waals surface area contributed by atoms with Gasteiger partial charge < -0.3 is 0 Å². The number of isocyanates is 2. The van der Waals surface area contributed by atoms with Crippen LogP contribution in [-0.2, 0) is 9.59 Å². The Hall–Kier alpha value is -1.24. The summed E-state index contributed by atoms with van der Waals surface area (Å²) in [6, 6.07) is 0. The molecule has 0 saturated carbocycles. The molecule has 0 N–H and O–H groups in total. The van der Waals surface area contributed by atoms with Gasteiger partial charge in [-0.05, 0) is 12.8 Å². The minimum atomic E-state index is 0. The Morgan fingerprint density at radius 3 is 1.58 bits per heavy atom. The van der Waals surface area contributed by atoms with E-state index in [0.717, 1.165) is 25.7 Å². The first kappa shape index (κ1) is 10.8. The molecule has 0 aromatic carbocycles. The van der Waals surface area contributed by atoms with E-state index in [1.807, 2.05) is 0 Å². The smallest absolute Gasteiger partial charge is 0.211 e. The predicted molar refractivity (Wildman–Crippen MR) is 46.6 cm³/mol. The molecule has 0 aromatic heterocycles. The molecule has 0 radical (unpaired) electrons. The number of hydrogen-bond donors (Lipinski definition) is 0. The lowest BCUT2D eigenvalue weighted by atomic mass is 10.2. The maximum atomic E-state index is 9.63. The molecule has 0 spiro atoms. The van der Waals surface area contributed by atoms with Crippen molar-refractivity contribution in [3.63, 3.8) is 0 Å². The van der Waals surface area contributed by atoms with Crippen LogP contribution in [0.25, 0.3) is 0 Å². The molecule has 0 saturated heterocycles. The van der Waals surface area contributed by atoms with E-state index in [2.05, 4.69) is 9.98 Å². The van der Waals surface area contributed by atoms with Gasteiger partial charge in [-0.25, -0.2) is 19.6 Å². The minimum absolute atomic E-state index is 0. The van der Waals surface area contributed by atoms with Gasteiger partial charge >= 0.3 is 0 Å². The maximum absolute atomic E-state index is 9.63. The van der Waals surface area contributed by atoms with Crippen LogP contribution < -0.4 is 0 Å². The van der Waals surface area contributed by atoms with Gasteiger partial charge in [-0.1, -0.05) is 12.8 Å². The highest BCUT2D eigenvalue weighted by atomic mass is 16.1. The number of rotatable bonds is 7. The molecule has 0 atom stereocenters. The molecule has 0 aliphatic heterocycles. The molecule has 0 bridgehead atoms. The van der Waals surface area contributed by atoms with Crippen LogP contribution in [0.1, 0.15) is 27.1 Å². The molecule has 68 valence electrons. The number of unbranched alkanes of at least 4 members (excludes halogenated alkanes) is 3. The average Bonchev–Trinajstić information content (AvgIpc) is 2.10. The van der Waals surface area contributed by atoms with E-state index >= 15 is 0 Å². The van der Waals surface area contributed by atoms with Gasteiger partial charge in [0.1, 0.15) is 0 Å². The maximum Gasteiger partial charge on any atom is 0.234 e. The van der Waals surface area contributed by atoms with Gasteiger partial charge in [0, 0.05) is 1.43 Å². The highest BCUT2D eigenvalue weighted by Gasteiger charge is 1.87. The third-order valence-corrected chi connectivity index (χ3v) is 1.42. The van der Waals surface area contributed by atoms with Gasteiger partial charge in [0.2, 0.25) is 12.2 Å². The van der Waals surface area contributed by atoms with E-state index < -0.39 is 0 Å². The van der Waals surface area contributed by atoms with E-state index in [0.29, 0.717) is 13.1 Å². The molecule has 0 heterocycles. The van der Waals surface area contributed by atoms with Crippen LogP contribution in [0.4, 0.5) is 0 Å². The third-order valence-electron chi connectivity index (χ3n) is 1.42. The molecule has 4 heteroatoms. The van der Waals surface area contributed by atoms with Gasteiger partial charge in [0.25, 0.3) is 0 Å². The topological polar surface area (TPSA) is 58.9 Å². The Bertz CT molecular complexity index is 174. The number of nitrogens with zero attached hydrogens (tertiary/aromatic N) is 2. The Morgan fingerprint density at radius 1 is 0.833 bits per heavy atom. The Kier molecular flexibility index (Phi) is 8.75. The first-order valence-electron chi connectivity index (χ1n) is 3.99. The number of aliphatic imine (C=N–C) groups is 2. The zero-order valence-electron chi connectivity index (χ0n) is 6.95. The van der Waals surface area contributed by atoms with E-state index in [1.54, 1.807) is 0 Å². The average molecular weight is 170 g/mol. The van der Waals surface area contributed by atoms with Crippen LogP contribution in [-0.4, -0.2) is 25.2 Å². The van der Waals surface area contributed by atoms with Crippen molar-refractivity contribution in [2.24, 2.45) is 9.98 Å². The van der Waals surface area contributed by atoms with Crippen molar-refractivity contribution in [2.75, 3.05) is 13.1 Å². The summed E-state index contributed by atoms with van der Waals surface area (Å²) >= 11 is 0. The van der Waals surface area contributed by atoms with Crippen molar-refractivity contribution in [2.45, 2.75) is 25.7 Å². The van der Waals surface area contributed by atoms with E-state index in [1.165, 1.54) is 12.2 Å². The van der Waals surface area contributed by atoms with E-state index in [9.17, 15) is 9.59 Å². The highest BCUT2D eigenvalue weighted by Crippen LogP contribution is 1.99. The SMILES string of the molecule is O=C=NCCCCCCN=C=O.[HH]. The summed E-state index contributed by atoms with van der Waals surface area (Å²) in [5.41, 5.74) is 0. The van der Waals surface area contributed by atoms with Crippen molar-refractivity contribution in [1.82, 2.24) is 0 Å². The van der Waals surface area contributed by atoms with Crippen molar-refractivity contribution in [3.05, 3.63) is 0 Å². The fourth-order valence-electron chi connectivity index (χ4n) is 0.827. The van der Waals surface area contributed by atoms with Gasteiger partial charge in [0.15, 0.2) is 0 Å². The molecule has 0 aliphatic rings. The first-order chi connectivity index (χ1) is 5.91.